The minimum absolute atomic E-state index is 0.593. The number of anilines is 1. The maximum atomic E-state index is 4.74. The van der Waals surface area contributed by atoms with Gasteiger partial charge in [-0.1, -0.05) is 24.3 Å². The van der Waals surface area contributed by atoms with Crippen molar-refractivity contribution in [2.75, 3.05) is 11.9 Å². The summed E-state index contributed by atoms with van der Waals surface area (Å²) in [6.07, 6.45) is 8.36. The Hall–Kier alpha value is -4.06. The third-order valence-electron chi connectivity index (χ3n) is 5.20. The first kappa shape index (κ1) is 18.9. The van der Waals surface area contributed by atoms with Gasteiger partial charge in [0.15, 0.2) is 5.82 Å². The van der Waals surface area contributed by atoms with Crippen LogP contribution in [0.25, 0.3) is 33.7 Å². The molecule has 6 heteroatoms. The second-order valence-electron chi connectivity index (χ2n) is 7.46. The van der Waals surface area contributed by atoms with Gasteiger partial charge in [0, 0.05) is 53.9 Å². The largest absolute Gasteiger partial charge is 0.370 e. The third kappa shape index (κ3) is 4.14. The summed E-state index contributed by atoms with van der Waals surface area (Å²) in [7, 11) is 0. The van der Waals surface area contributed by atoms with Gasteiger partial charge in [-0.3, -0.25) is 9.97 Å². The van der Waals surface area contributed by atoms with Crippen molar-refractivity contribution >= 4 is 16.7 Å². The number of fused-ring (bicyclic) bond motifs is 1. The molecule has 0 saturated carbocycles. The molecule has 4 heterocycles. The van der Waals surface area contributed by atoms with Crippen LogP contribution in [0.15, 0.2) is 79.4 Å². The summed E-state index contributed by atoms with van der Waals surface area (Å²) in [5.41, 5.74) is 6.05. The molecule has 152 valence electrons. The molecule has 2 N–H and O–H groups in total. The first-order valence-electron chi connectivity index (χ1n) is 10.3. The summed E-state index contributed by atoms with van der Waals surface area (Å²) in [5, 5.41) is 4.72. The van der Waals surface area contributed by atoms with Crippen LogP contribution in [0, 0.1) is 6.92 Å². The van der Waals surface area contributed by atoms with Gasteiger partial charge in [-0.2, -0.15) is 0 Å². The number of pyridine rings is 2. The Labute approximate surface area is 180 Å². The summed E-state index contributed by atoms with van der Waals surface area (Å²) in [5.74, 6) is 1.36. The van der Waals surface area contributed by atoms with Crippen molar-refractivity contribution < 1.29 is 0 Å². The number of para-hydroxylation sites is 1. The van der Waals surface area contributed by atoms with Gasteiger partial charge >= 0.3 is 0 Å². The summed E-state index contributed by atoms with van der Waals surface area (Å²) < 4.78 is 0. The van der Waals surface area contributed by atoms with E-state index in [0.29, 0.717) is 5.82 Å². The topological polar surface area (TPSA) is 79.4 Å². The van der Waals surface area contributed by atoms with Crippen molar-refractivity contribution in [1.29, 1.82) is 0 Å². The molecule has 0 aliphatic rings. The van der Waals surface area contributed by atoms with Crippen molar-refractivity contribution in [1.82, 2.24) is 24.9 Å². The first-order valence-corrected chi connectivity index (χ1v) is 10.3. The monoisotopic (exact) mass is 406 g/mol. The third-order valence-corrected chi connectivity index (χ3v) is 5.20. The summed E-state index contributed by atoms with van der Waals surface area (Å²) in [4.78, 5) is 21.5. The molecule has 4 aromatic heterocycles. The van der Waals surface area contributed by atoms with Crippen LogP contribution in [0.2, 0.25) is 0 Å². The Morgan fingerprint density at radius 1 is 0.935 bits per heavy atom. The lowest BCUT2D eigenvalue weighted by Gasteiger charge is -2.10. The minimum Gasteiger partial charge on any atom is -0.370 e. The summed E-state index contributed by atoms with van der Waals surface area (Å²) in [6, 6.07) is 18.2. The smallest absolute Gasteiger partial charge is 0.180 e. The lowest BCUT2D eigenvalue weighted by molar-refractivity contribution is 1.01. The first-order chi connectivity index (χ1) is 15.3. The zero-order valence-corrected chi connectivity index (χ0v) is 17.2. The van der Waals surface area contributed by atoms with Gasteiger partial charge in [-0.05, 0) is 48.7 Å². The number of hydrogen-bond acceptors (Lipinski definition) is 5. The van der Waals surface area contributed by atoms with Crippen LogP contribution in [-0.2, 0) is 6.42 Å². The van der Waals surface area contributed by atoms with Gasteiger partial charge in [0.2, 0.25) is 0 Å². The highest BCUT2D eigenvalue weighted by molar-refractivity contribution is 5.83. The fraction of sp³-hybridized carbons (Fsp3) is 0.120. The molecule has 0 spiro atoms. The predicted octanol–water partition coefficient (Wildman–Crippen LogP) is 5.04. The average molecular weight is 406 g/mol. The average Bonchev–Trinajstić information content (AvgIpc) is 3.23. The predicted molar refractivity (Wildman–Crippen MR) is 124 cm³/mol. The van der Waals surface area contributed by atoms with E-state index in [1.165, 1.54) is 10.9 Å². The number of aromatic amines is 1. The van der Waals surface area contributed by atoms with E-state index in [9.17, 15) is 0 Å². The highest BCUT2D eigenvalue weighted by atomic mass is 15.0. The van der Waals surface area contributed by atoms with Gasteiger partial charge in [0.25, 0.3) is 0 Å². The van der Waals surface area contributed by atoms with E-state index >= 15 is 0 Å². The van der Waals surface area contributed by atoms with Gasteiger partial charge in [-0.15, -0.1) is 0 Å². The Balaban J connectivity index is 1.42. The molecule has 1 aromatic carbocycles. The number of H-pyrrole nitrogens is 1. The Morgan fingerprint density at radius 3 is 2.71 bits per heavy atom. The van der Waals surface area contributed by atoms with Gasteiger partial charge < -0.3 is 10.3 Å². The Kier molecular flexibility index (Phi) is 5.10. The molecule has 0 fully saturated rings. The number of hydrogen-bond donors (Lipinski definition) is 2. The standard InChI is InChI=1S/C25H22N6/c1-17-8-9-22(28-14-17)25-30-23(19-5-4-11-26-15-19)13-24(31-25)27-12-10-18-16-29-21-7-3-2-6-20(18)21/h2-9,11,13-16,29H,10,12H2,1H3,(H,27,30,31). The van der Waals surface area contributed by atoms with Crippen LogP contribution >= 0.6 is 0 Å². The number of benzene rings is 1. The molecule has 0 radical (unpaired) electrons. The van der Waals surface area contributed by atoms with Crippen LogP contribution < -0.4 is 5.32 Å². The van der Waals surface area contributed by atoms with Crippen molar-refractivity contribution in [3.63, 3.8) is 0 Å². The number of nitrogens with zero attached hydrogens (tertiary/aromatic N) is 4. The Bertz CT molecular complexity index is 1310. The molecule has 0 unspecified atom stereocenters. The van der Waals surface area contributed by atoms with Crippen LogP contribution in [0.1, 0.15) is 11.1 Å². The molecular formula is C25H22N6. The van der Waals surface area contributed by atoms with Crippen molar-refractivity contribution in [2.24, 2.45) is 0 Å². The van der Waals surface area contributed by atoms with E-state index in [1.807, 2.05) is 55.7 Å². The van der Waals surface area contributed by atoms with Gasteiger partial charge in [0.05, 0.1) is 5.69 Å². The quantitative estimate of drug-likeness (QED) is 0.413. The summed E-state index contributed by atoms with van der Waals surface area (Å²) >= 11 is 0. The molecule has 31 heavy (non-hydrogen) atoms. The molecule has 0 saturated heterocycles. The maximum Gasteiger partial charge on any atom is 0.180 e. The van der Waals surface area contributed by atoms with Crippen molar-refractivity contribution in [2.45, 2.75) is 13.3 Å². The lowest BCUT2D eigenvalue weighted by atomic mass is 10.1. The highest BCUT2D eigenvalue weighted by Gasteiger charge is 2.10. The van der Waals surface area contributed by atoms with E-state index < -0.39 is 0 Å². The molecule has 0 aliphatic heterocycles. The van der Waals surface area contributed by atoms with Crippen LogP contribution in [-0.4, -0.2) is 31.5 Å². The highest BCUT2D eigenvalue weighted by Crippen LogP contribution is 2.24. The van der Waals surface area contributed by atoms with Gasteiger partial charge in [0.1, 0.15) is 11.5 Å². The van der Waals surface area contributed by atoms with E-state index in [0.717, 1.165) is 46.8 Å². The van der Waals surface area contributed by atoms with Crippen LogP contribution in [0.5, 0.6) is 0 Å². The number of aryl methyl sites for hydroxylation is 1. The van der Waals surface area contributed by atoms with Crippen molar-refractivity contribution in [3.05, 3.63) is 90.5 Å². The lowest BCUT2D eigenvalue weighted by Crippen LogP contribution is -2.08. The van der Waals surface area contributed by atoms with Crippen LogP contribution in [0.4, 0.5) is 5.82 Å². The second-order valence-corrected chi connectivity index (χ2v) is 7.46. The van der Waals surface area contributed by atoms with Crippen molar-refractivity contribution in [3.8, 4) is 22.8 Å². The molecule has 0 atom stereocenters. The second kappa shape index (κ2) is 8.36. The maximum absolute atomic E-state index is 4.74. The van der Waals surface area contributed by atoms with E-state index in [1.54, 1.807) is 6.20 Å². The molecule has 5 rings (SSSR count). The van der Waals surface area contributed by atoms with E-state index in [2.05, 4.69) is 44.7 Å². The molecular weight excluding hydrogens is 384 g/mol. The SMILES string of the molecule is Cc1ccc(-c2nc(NCCc3c[nH]c4ccccc34)cc(-c3cccnc3)n2)nc1. The number of nitrogens with one attached hydrogen (secondary N) is 2. The zero-order chi connectivity index (χ0) is 21.0. The molecule has 5 aromatic rings. The van der Waals surface area contributed by atoms with Crippen LogP contribution in [0.3, 0.4) is 0 Å². The molecule has 6 nitrogen and oxygen atoms in total. The number of rotatable bonds is 6. The fourth-order valence-electron chi connectivity index (χ4n) is 3.58. The van der Waals surface area contributed by atoms with E-state index in [-0.39, 0.29) is 0 Å². The Morgan fingerprint density at radius 2 is 1.87 bits per heavy atom. The molecule has 0 aliphatic carbocycles. The van der Waals surface area contributed by atoms with Gasteiger partial charge in [-0.25, -0.2) is 9.97 Å². The minimum atomic E-state index is 0.593. The van der Waals surface area contributed by atoms with E-state index in [4.69, 9.17) is 9.97 Å². The zero-order valence-electron chi connectivity index (χ0n) is 17.2. The summed E-state index contributed by atoms with van der Waals surface area (Å²) in [6.45, 7) is 2.77. The molecule has 0 bridgehead atoms. The molecule has 0 amide bonds. The fourth-order valence-corrected chi connectivity index (χ4v) is 3.58. The number of aromatic nitrogens is 5. The normalized spacial score (nSPS) is 11.0.